The van der Waals surface area contributed by atoms with Gasteiger partial charge in [0.15, 0.2) is 0 Å². The van der Waals surface area contributed by atoms with E-state index in [-0.39, 0.29) is 24.8 Å². The molecule has 6 heteroatoms. The van der Waals surface area contributed by atoms with Gasteiger partial charge in [-0.2, -0.15) is 0 Å². The molecule has 0 radical (unpaired) electrons. The Morgan fingerprint density at radius 3 is 2.59 bits per heavy atom. The highest BCUT2D eigenvalue weighted by atomic mass is 16.4. The molecule has 1 aliphatic rings. The number of amides is 1. The van der Waals surface area contributed by atoms with E-state index < -0.39 is 24.2 Å². The van der Waals surface area contributed by atoms with Crippen molar-refractivity contribution >= 4 is 11.9 Å². The first kappa shape index (κ1) is 13.9. The summed E-state index contributed by atoms with van der Waals surface area (Å²) in [5, 5.41) is 18.4. The number of aliphatic carboxylic acids is 1. The molecule has 0 saturated carbocycles. The van der Waals surface area contributed by atoms with Crippen molar-refractivity contribution in [2.75, 3.05) is 6.54 Å². The van der Waals surface area contributed by atoms with Crippen LogP contribution in [0.2, 0.25) is 0 Å². The molecule has 0 bridgehead atoms. The maximum atomic E-state index is 12.0. The van der Waals surface area contributed by atoms with Crippen molar-refractivity contribution in [3.63, 3.8) is 0 Å². The van der Waals surface area contributed by atoms with Gasteiger partial charge in [0.25, 0.3) is 0 Å². The average molecular weight is 244 g/mol. The average Bonchev–Trinajstić information content (AvgIpc) is 2.68. The molecular formula is C11H20N2O4. The van der Waals surface area contributed by atoms with Crippen LogP contribution in [0.4, 0.5) is 0 Å². The summed E-state index contributed by atoms with van der Waals surface area (Å²) in [7, 11) is 0. The van der Waals surface area contributed by atoms with E-state index in [1.165, 1.54) is 4.90 Å². The molecule has 0 aliphatic carbocycles. The molecule has 6 nitrogen and oxygen atoms in total. The summed E-state index contributed by atoms with van der Waals surface area (Å²) in [6, 6.07) is -1.65. The normalized spacial score (nSPS) is 27.9. The minimum absolute atomic E-state index is 0.00492. The Hall–Kier alpha value is -1.14. The molecule has 0 aromatic carbocycles. The van der Waals surface area contributed by atoms with Crippen molar-refractivity contribution < 1.29 is 19.8 Å². The zero-order valence-electron chi connectivity index (χ0n) is 10.2. The minimum atomic E-state index is -1.09. The molecule has 4 atom stereocenters. The van der Waals surface area contributed by atoms with Crippen LogP contribution in [0.5, 0.6) is 0 Å². The molecule has 98 valence electrons. The van der Waals surface area contributed by atoms with Crippen molar-refractivity contribution in [2.45, 2.75) is 44.9 Å². The summed E-state index contributed by atoms with van der Waals surface area (Å²) in [6.07, 6.45) is 0.0548. The number of carboxylic acid groups (broad SMARTS) is 1. The Kier molecular flexibility index (Phi) is 4.47. The van der Waals surface area contributed by atoms with Crippen molar-refractivity contribution in [3.05, 3.63) is 0 Å². The first-order valence-corrected chi connectivity index (χ1v) is 5.85. The Morgan fingerprint density at radius 2 is 2.12 bits per heavy atom. The molecule has 4 N–H and O–H groups in total. The molecule has 0 spiro atoms. The SMILES string of the molecule is CCC(C)C(N)C(=O)N1C[C@H](O)C[C@@H]1C(=O)O. The molecule has 1 aliphatic heterocycles. The third kappa shape index (κ3) is 2.95. The highest BCUT2D eigenvalue weighted by Gasteiger charge is 2.41. The number of nitrogens with zero attached hydrogens (tertiary/aromatic N) is 1. The number of carboxylic acids is 1. The maximum absolute atomic E-state index is 12.0. The second kappa shape index (κ2) is 5.46. The number of likely N-dealkylation sites (tertiary alicyclic amines) is 1. The lowest BCUT2D eigenvalue weighted by Crippen LogP contribution is -2.50. The Bertz CT molecular complexity index is 308. The fourth-order valence-electron chi connectivity index (χ4n) is 1.98. The number of aliphatic hydroxyl groups excluding tert-OH is 1. The van der Waals surface area contributed by atoms with Crippen LogP contribution >= 0.6 is 0 Å². The summed E-state index contributed by atoms with van der Waals surface area (Å²) in [6.45, 7) is 3.83. The molecule has 2 unspecified atom stereocenters. The molecule has 1 saturated heterocycles. The number of aliphatic hydroxyl groups is 1. The second-order valence-corrected chi connectivity index (χ2v) is 4.65. The maximum Gasteiger partial charge on any atom is 0.326 e. The highest BCUT2D eigenvalue weighted by Crippen LogP contribution is 2.20. The van der Waals surface area contributed by atoms with Gasteiger partial charge in [-0.25, -0.2) is 4.79 Å². The van der Waals surface area contributed by atoms with Gasteiger partial charge < -0.3 is 20.8 Å². The summed E-state index contributed by atoms with van der Waals surface area (Å²) in [5.41, 5.74) is 5.79. The molecular weight excluding hydrogens is 224 g/mol. The number of hydrogen-bond donors (Lipinski definition) is 3. The third-order valence-electron chi connectivity index (χ3n) is 3.39. The van der Waals surface area contributed by atoms with Gasteiger partial charge in [0.1, 0.15) is 6.04 Å². The quantitative estimate of drug-likeness (QED) is 0.613. The predicted molar refractivity (Wildman–Crippen MR) is 61.2 cm³/mol. The molecule has 17 heavy (non-hydrogen) atoms. The van der Waals surface area contributed by atoms with Gasteiger partial charge in [0.2, 0.25) is 5.91 Å². The molecule has 1 fully saturated rings. The predicted octanol–water partition coefficient (Wildman–Crippen LogP) is -0.594. The summed E-state index contributed by atoms with van der Waals surface area (Å²) in [4.78, 5) is 24.2. The highest BCUT2D eigenvalue weighted by molar-refractivity contribution is 5.87. The van der Waals surface area contributed by atoms with E-state index >= 15 is 0 Å². The van der Waals surface area contributed by atoms with E-state index in [1.54, 1.807) is 0 Å². The van der Waals surface area contributed by atoms with Gasteiger partial charge in [0.05, 0.1) is 12.1 Å². The molecule has 1 rings (SSSR count). The lowest BCUT2D eigenvalue weighted by atomic mass is 9.98. The number of nitrogens with two attached hydrogens (primary N) is 1. The fourth-order valence-corrected chi connectivity index (χ4v) is 1.98. The first-order chi connectivity index (χ1) is 7.88. The summed E-state index contributed by atoms with van der Waals surface area (Å²) in [5.74, 6) is -1.48. The van der Waals surface area contributed by atoms with Crippen LogP contribution in [0.25, 0.3) is 0 Å². The Labute approximate surface area is 100 Å². The van der Waals surface area contributed by atoms with Crippen molar-refractivity contribution in [1.29, 1.82) is 0 Å². The largest absolute Gasteiger partial charge is 0.480 e. The Morgan fingerprint density at radius 1 is 1.53 bits per heavy atom. The smallest absolute Gasteiger partial charge is 0.326 e. The summed E-state index contributed by atoms with van der Waals surface area (Å²) >= 11 is 0. The third-order valence-corrected chi connectivity index (χ3v) is 3.39. The lowest BCUT2D eigenvalue weighted by Gasteiger charge is -2.27. The van der Waals surface area contributed by atoms with Gasteiger partial charge in [-0.15, -0.1) is 0 Å². The van der Waals surface area contributed by atoms with Gasteiger partial charge >= 0.3 is 5.97 Å². The number of hydrogen-bond acceptors (Lipinski definition) is 4. The number of carbonyl (C=O) groups is 2. The monoisotopic (exact) mass is 244 g/mol. The number of β-amino-alcohol motifs (C(OH)–C–C–N with tert-alkyl or cyclic N) is 1. The van der Waals surface area contributed by atoms with Crippen LogP contribution in [0.3, 0.4) is 0 Å². The van der Waals surface area contributed by atoms with Crippen LogP contribution in [-0.2, 0) is 9.59 Å². The van der Waals surface area contributed by atoms with Crippen LogP contribution in [-0.4, -0.2) is 51.7 Å². The van der Waals surface area contributed by atoms with Crippen LogP contribution in [0, 0.1) is 5.92 Å². The zero-order chi connectivity index (χ0) is 13.2. The summed E-state index contributed by atoms with van der Waals surface area (Å²) < 4.78 is 0. The van der Waals surface area contributed by atoms with Crippen molar-refractivity contribution in [3.8, 4) is 0 Å². The minimum Gasteiger partial charge on any atom is -0.480 e. The van der Waals surface area contributed by atoms with Gasteiger partial charge in [0, 0.05) is 13.0 Å². The lowest BCUT2D eigenvalue weighted by molar-refractivity contribution is -0.149. The van der Waals surface area contributed by atoms with Crippen molar-refractivity contribution in [1.82, 2.24) is 4.90 Å². The molecule has 1 heterocycles. The fraction of sp³-hybridized carbons (Fsp3) is 0.818. The van der Waals surface area contributed by atoms with E-state index in [4.69, 9.17) is 10.8 Å². The molecule has 0 aromatic heterocycles. The van der Waals surface area contributed by atoms with Gasteiger partial charge in [-0.1, -0.05) is 20.3 Å². The Balaban J connectivity index is 2.77. The van der Waals surface area contributed by atoms with E-state index in [0.29, 0.717) is 0 Å². The second-order valence-electron chi connectivity index (χ2n) is 4.65. The van der Waals surface area contributed by atoms with Crippen LogP contribution in [0.15, 0.2) is 0 Å². The van der Waals surface area contributed by atoms with E-state index in [9.17, 15) is 14.7 Å². The topological polar surface area (TPSA) is 104 Å². The van der Waals surface area contributed by atoms with Gasteiger partial charge in [-0.3, -0.25) is 4.79 Å². The first-order valence-electron chi connectivity index (χ1n) is 5.85. The van der Waals surface area contributed by atoms with Gasteiger partial charge in [-0.05, 0) is 5.92 Å². The number of carbonyl (C=O) groups excluding carboxylic acids is 1. The van der Waals surface area contributed by atoms with E-state index in [2.05, 4.69) is 0 Å². The standard InChI is InChI=1S/C11H20N2O4/c1-3-6(2)9(12)10(15)13-5-7(14)4-8(13)11(16)17/h6-9,14H,3-5,12H2,1-2H3,(H,16,17)/t6?,7-,8-,9?/m1/s1. The number of rotatable bonds is 4. The van der Waals surface area contributed by atoms with E-state index in [0.717, 1.165) is 6.42 Å². The van der Waals surface area contributed by atoms with Crippen LogP contribution in [0.1, 0.15) is 26.7 Å². The van der Waals surface area contributed by atoms with E-state index in [1.807, 2.05) is 13.8 Å². The van der Waals surface area contributed by atoms with Crippen molar-refractivity contribution in [2.24, 2.45) is 11.7 Å². The zero-order valence-corrected chi connectivity index (χ0v) is 10.2. The van der Waals surface area contributed by atoms with Crippen LogP contribution < -0.4 is 5.73 Å². The molecule has 1 amide bonds. The molecule has 0 aromatic rings.